The van der Waals surface area contributed by atoms with E-state index in [9.17, 15) is 4.79 Å². The average molecular weight is 176 g/mol. The minimum Gasteiger partial charge on any atom is -0.339 e. The predicted molar refractivity (Wildman–Crippen MR) is 46.1 cm³/mol. The van der Waals surface area contributed by atoms with E-state index in [-0.39, 0.29) is 0 Å². The third-order valence-electron chi connectivity index (χ3n) is 1.71. The zero-order valence-electron chi connectivity index (χ0n) is 6.90. The number of aryl methyl sites for hydroxylation is 1. The van der Waals surface area contributed by atoms with Crippen LogP contribution in [0.4, 0.5) is 0 Å². The molecule has 0 aliphatic rings. The summed E-state index contributed by atoms with van der Waals surface area (Å²) in [5, 5.41) is 0. The highest BCUT2D eigenvalue weighted by atomic mass is 16.1. The molecule has 0 atom stereocenters. The van der Waals surface area contributed by atoms with Crippen LogP contribution in [0.25, 0.3) is 11.2 Å². The number of fused-ring (bicyclic) bond motifs is 1. The van der Waals surface area contributed by atoms with Crippen LogP contribution in [0.1, 0.15) is 12.2 Å². The summed E-state index contributed by atoms with van der Waals surface area (Å²) in [6.07, 6.45) is 5.10. The van der Waals surface area contributed by atoms with Gasteiger partial charge in [0, 0.05) is 12.8 Å². The van der Waals surface area contributed by atoms with Crippen molar-refractivity contribution >= 4 is 17.5 Å². The summed E-state index contributed by atoms with van der Waals surface area (Å²) < 4.78 is 0. The molecule has 2 heterocycles. The molecule has 0 saturated carbocycles. The molecule has 2 aromatic rings. The van der Waals surface area contributed by atoms with E-state index in [1.807, 2.05) is 0 Å². The second-order valence-corrected chi connectivity index (χ2v) is 2.65. The van der Waals surface area contributed by atoms with Crippen molar-refractivity contribution in [2.45, 2.75) is 12.8 Å². The molecule has 0 radical (unpaired) electrons. The summed E-state index contributed by atoms with van der Waals surface area (Å²) in [5.41, 5.74) is 1.46. The average Bonchev–Trinajstić information content (AvgIpc) is 2.57. The first-order valence-electron chi connectivity index (χ1n) is 3.98. The fourth-order valence-electron chi connectivity index (χ4n) is 1.13. The van der Waals surface area contributed by atoms with Gasteiger partial charge in [-0.05, 0) is 0 Å². The number of imidazole rings is 1. The van der Waals surface area contributed by atoms with Crippen LogP contribution in [0.15, 0.2) is 12.5 Å². The van der Waals surface area contributed by atoms with E-state index in [1.54, 1.807) is 6.20 Å². The molecule has 1 N–H and O–H groups in total. The molecule has 0 unspecified atom stereocenters. The summed E-state index contributed by atoms with van der Waals surface area (Å²) in [4.78, 5) is 25.2. The van der Waals surface area contributed by atoms with Gasteiger partial charge in [-0.25, -0.2) is 15.0 Å². The number of hydrogen-bond acceptors (Lipinski definition) is 4. The Hall–Kier alpha value is -1.78. The van der Waals surface area contributed by atoms with E-state index < -0.39 is 0 Å². The standard InChI is InChI=1S/C8H8N4O/c13-3-1-2-7-11-6-4-9-5-10-8(6)12-7/h3-5H,1-2H2,(H,9,10,11,12). The molecule has 0 aliphatic carbocycles. The van der Waals surface area contributed by atoms with Crippen molar-refractivity contribution in [1.82, 2.24) is 19.9 Å². The lowest BCUT2D eigenvalue weighted by molar-refractivity contribution is -0.107. The summed E-state index contributed by atoms with van der Waals surface area (Å²) in [7, 11) is 0. The van der Waals surface area contributed by atoms with Crippen molar-refractivity contribution in [3.63, 3.8) is 0 Å². The lowest BCUT2D eigenvalue weighted by Gasteiger charge is -1.85. The maximum atomic E-state index is 10.1. The van der Waals surface area contributed by atoms with E-state index in [0.29, 0.717) is 18.5 Å². The molecule has 2 rings (SSSR count). The summed E-state index contributed by atoms with van der Waals surface area (Å²) in [5.74, 6) is 0.780. The second-order valence-electron chi connectivity index (χ2n) is 2.65. The lowest BCUT2D eigenvalue weighted by Crippen LogP contribution is -1.87. The molecule has 0 amide bonds. The fourth-order valence-corrected chi connectivity index (χ4v) is 1.13. The Bertz CT molecular complexity index is 390. The molecule has 66 valence electrons. The maximum Gasteiger partial charge on any atom is 0.180 e. The van der Waals surface area contributed by atoms with Crippen molar-refractivity contribution in [2.24, 2.45) is 0 Å². The van der Waals surface area contributed by atoms with Gasteiger partial charge in [-0.15, -0.1) is 0 Å². The molecule has 0 aromatic carbocycles. The predicted octanol–water partition coefficient (Wildman–Crippen LogP) is 0.484. The van der Waals surface area contributed by atoms with Crippen LogP contribution in [0, 0.1) is 0 Å². The number of rotatable bonds is 3. The number of aromatic nitrogens is 4. The van der Waals surface area contributed by atoms with Crippen LogP contribution < -0.4 is 0 Å². The van der Waals surface area contributed by atoms with Gasteiger partial charge in [-0.3, -0.25) is 0 Å². The van der Waals surface area contributed by atoms with Gasteiger partial charge in [-0.2, -0.15) is 0 Å². The van der Waals surface area contributed by atoms with Gasteiger partial charge in [0.25, 0.3) is 0 Å². The minimum absolute atomic E-state index is 0.479. The number of H-pyrrole nitrogens is 1. The third kappa shape index (κ3) is 1.53. The number of aromatic amines is 1. The summed E-state index contributed by atoms with van der Waals surface area (Å²) in [6.45, 7) is 0. The zero-order chi connectivity index (χ0) is 9.10. The summed E-state index contributed by atoms with van der Waals surface area (Å²) >= 11 is 0. The van der Waals surface area contributed by atoms with Crippen molar-refractivity contribution in [1.29, 1.82) is 0 Å². The number of hydrogen-bond donors (Lipinski definition) is 1. The van der Waals surface area contributed by atoms with Crippen LogP contribution in [-0.2, 0) is 11.2 Å². The fraction of sp³-hybridized carbons (Fsp3) is 0.250. The number of nitrogens with zero attached hydrogens (tertiary/aromatic N) is 3. The Morgan fingerprint density at radius 2 is 2.46 bits per heavy atom. The Morgan fingerprint density at radius 3 is 3.23 bits per heavy atom. The molecule has 0 bridgehead atoms. The Labute approximate surface area is 74.2 Å². The summed E-state index contributed by atoms with van der Waals surface area (Å²) in [6, 6.07) is 0. The molecule has 5 nitrogen and oxygen atoms in total. The van der Waals surface area contributed by atoms with Gasteiger partial charge >= 0.3 is 0 Å². The topological polar surface area (TPSA) is 71.5 Å². The van der Waals surface area contributed by atoms with Crippen molar-refractivity contribution < 1.29 is 4.79 Å². The maximum absolute atomic E-state index is 10.1. The molecule has 0 saturated heterocycles. The van der Waals surface area contributed by atoms with Gasteiger partial charge in [0.15, 0.2) is 5.65 Å². The largest absolute Gasteiger partial charge is 0.339 e. The Balaban J connectivity index is 2.32. The van der Waals surface area contributed by atoms with E-state index in [0.717, 1.165) is 17.6 Å². The highest BCUT2D eigenvalue weighted by molar-refractivity contribution is 5.68. The minimum atomic E-state index is 0.479. The van der Waals surface area contributed by atoms with Gasteiger partial charge < -0.3 is 9.78 Å². The normalized spacial score (nSPS) is 10.5. The second kappa shape index (κ2) is 3.30. The third-order valence-corrected chi connectivity index (χ3v) is 1.71. The SMILES string of the molecule is O=CCCc1nc2ncncc2[nH]1. The van der Waals surface area contributed by atoms with Gasteiger partial charge in [0.2, 0.25) is 0 Å². The van der Waals surface area contributed by atoms with E-state index >= 15 is 0 Å². The smallest absolute Gasteiger partial charge is 0.180 e. The van der Waals surface area contributed by atoms with Crippen LogP contribution in [-0.4, -0.2) is 26.2 Å². The molecule has 5 heteroatoms. The van der Waals surface area contributed by atoms with E-state index in [1.165, 1.54) is 6.33 Å². The first-order valence-corrected chi connectivity index (χ1v) is 3.98. The Kier molecular flexibility index (Phi) is 1.99. The lowest BCUT2D eigenvalue weighted by atomic mass is 10.3. The number of carbonyl (C=O) groups excluding carboxylic acids is 1. The molecular weight excluding hydrogens is 168 g/mol. The van der Waals surface area contributed by atoms with Crippen molar-refractivity contribution in [2.75, 3.05) is 0 Å². The van der Waals surface area contributed by atoms with E-state index in [2.05, 4.69) is 19.9 Å². The zero-order valence-corrected chi connectivity index (χ0v) is 6.90. The monoisotopic (exact) mass is 176 g/mol. The van der Waals surface area contributed by atoms with E-state index in [4.69, 9.17) is 0 Å². The van der Waals surface area contributed by atoms with Gasteiger partial charge in [0.05, 0.1) is 6.20 Å². The first-order chi connectivity index (χ1) is 6.40. The molecule has 0 fully saturated rings. The molecule has 2 aromatic heterocycles. The highest BCUT2D eigenvalue weighted by Crippen LogP contribution is 2.06. The van der Waals surface area contributed by atoms with Crippen LogP contribution in [0.3, 0.4) is 0 Å². The van der Waals surface area contributed by atoms with Crippen LogP contribution in [0.2, 0.25) is 0 Å². The Morgan fingerprint density at radius 1 is 1.54 bits per heavy atom. The van der Waals surface area contributed by atoms with Crippen LogP contribution >= 0.6 is 0 Å². The number of aldehydes is 1. The quantitative estimate of drug-likeness (QED) is 0.690. The highest BCUT2D eigenvalue weighted by Gasteiger charge is 2.01. The molecule has 0 spiro atoms. The van der Waals surface area contributed by atoms with Crippen molar-refractivity contribution in [3.8, 4) is 0 Å². The van der Waals surface area contributed by atoms with Gasteiger partial charge in [0.1, 0.15) is 24.0 Å². The van der Waals surface area contributed by atoms with Gasteiger partial charge in [-0.1, -0.05) is 0 Å². The molecule has 0 aliphatic heterocycles. The number of carbonyl (C=O) groups is 1. The first kappa shape index (κ1) is 7.85. The molecule has 13 heavy (non-hydrogen) atoms. The molecular formula is C8H8N4O. The van der Waals surface area contributed by atoms with Crippen molar-refractivity contribution in [3.05, 3.63) is 18.3 Å². The number of nitrogens with one attached hydrogen (secondary N) is 1. The van der Waals surface area contributed by atoms with Crippen LogP contribution in [0.5, 0.6) is 0 Å².